The quantitative estimate of drug-likeness (QED) is 0.691. The zero-order valence-electron chi connectivity index (χ0n) is 12.5. The van der Waals surface area contributed by atoms with Crippen LogP contribution in [0.15, 0.2) is 41.3 Å². The lowest BCUT2D eigenvalue weighted by Crippen LogP contribution is -2.08. The van der Waals surface area contributed by atoms with E-state index in [1.54, 1.807) is 18.4 Å². The SMILES string of the molecule is C=Cc1c(C=NC)cccc1OC(CCC)c1nccs1. The van der Waals surface area contributed by atoms with Crippen molar-refractivity contribution in [3.05, 3.63) is 52.5 Å². The first kappa shape index (κ1) is 15.4. The van der Waals surface area contributed by atoms with E-state index in [0.29, 0.717) is 0 Å². The summed E-state index contributed by atoms with van der Waals surface area (Å²) in [6.07, 6.45) is 7.43. The van der Waals surface area contributed by atoms with Crippen molar-refractivity contribution < 1.29 is 4.74 Å². The molecule has 0 aliphatic carbocycles. The van der Waals surface area contributed by atoms with Gasteiger partial charge in [-0.2, -0.15) is 0 Å². The molecular weight excluding hydrogens is 280 g/mol. The van der Waals surface area contributed by atoms with Crippen LogP contribution in [0.25, 0.3) is 6.08 Å². The van der Waals surface area contributed by atoms with E-state index in [1.165, 1.54) is 0 Å². The van der Waals surface area contributed by atoms with Crippen LogP contribution in [0.3, 0.4) is 0 Å². The largest absolute Gasteiger partial charge is 0.483 e. The highest BCUT2D eigenvalue weighted by molar-refractivity contribution is 7.09. The van der Waals surface area contributed by atoms with Crippen LogP contribution in [0, 0.1) is 0 Å². The number of thiazole rings is 1. The molecule has 1 atom stereocenters. The molecule has 0 aliphatic rings. The Kier molecular flexibility index (Phi) is 5.69. The lowest BCUT2D eigenvalue weighted by atomic mass is 10.1. The van der Waals surface area contributed by atoms with Crippen molar-refractivity contribution in [1.29, 1.82) is 0 Å². The van der Waals surface area contributed by atoms with E-state index in [1.807, 2.05) is 42.1 Å². The fourth-order valence-corrected chi connectivity index (χ4v) is 2.88. The molecule has 21 heavy (non-hydrogen) atoms. The molecule has 0 N–H and O–H groups in total. The molecular formula is C17H20N2OS. The molecule has 2 rings (SSSR count). The van der Waals surface area contributed by atoms with Gasteiger partial charge in [-0.1, -0.05) is 38.1 Å². The molecule has 4 heteroatoms. The van der Waals surface area contributed by atoms with E-state index in [-0.39, 0.29) is 6.10 Å². The Labute approximate surface area is 130 Å². The standard InChI is InChI=1S/C17H20N2OS/c1-4-7-16(17-19-10-11-21-17)20-15-9-6-8-13(12-18-3)14(15)5-2/h5-6,8-12,16H,2,4,7H2,1,3H3. The van der Waals surface area contributed by atoms with Gasteiger partial charge in [0.15, 0.2) is 0 Å². The number of aliphatic imine (C=N–C) groups is 1. The zero-order valence-corrected chi connectivity index (χ0v) is 13.3. The smallest absolute Gasteiger partial charge is 0.150 e. The van der Waals surface area contributed by atoms with Crippen molar-refractivity contribution >= 4 is 23.6 Å². The third-order valence-corrected chi connectivity index (χ3v) is 3.99. The summed E-state index contributed by atoms with van der Waals surface area (Å²) in [5.41, 5.74) is 1.99. The van der Waals surface area contributed by atoms with Crippen LogP contribution < -0.4 is 4.74 Å². The second-order valence-electron chi connectivity index (χ2n) is 4.62. The van der Waals surface area contributed by atoms with E-state index in [4.69, 9.17) is 4.74 Å². The van der Waals surface area contributed by atoms with Gasteiger partial charge in [-0.15, -0.1) is 11.3 Å². The summed E-state index contributed by atoms with van der Waals surface area (Å²) >= 11 is 1.63. The average molecular weight is 300 g/mol. The molecule has 0 aliphatic heterocycles. The van der Waals surface area contributed by atoms with Gasteiger partial charge in [-0.25, -0.2) is 4.98 Å². The first-order valence-corrected chi connectivity index (χ1v) is 7.91. The Morgan fingerprint density at radius 2 is 2.33 bits per heavy atom. The minimum Gasteiger partial charge on any atom is -0.483 e. The van der Waals surface area contributed by atoms with Crippen LogP contribution in [-0.4, -0.2) is 18.2 Å². The van der Waals surface area contributed by atoms with E-state index in [0.717, 1.165) is 34.7 Å². The highest BCUT2D eigenvalue weighted by Gasteiger charge is 2.17. The molecule has 2 aromatic rings. The Morgan fingerprint density at radius 3 is 2.95 bits per heavy atom. The zero-order chi connectivity index (χ0) is 15.1. The molecule has 0 amide bonds. The third kappa shape index (κ3) is 3.79. The first-order chi connectivity index (χ1) is 10.3. The van der Waals surface area contributed by atoms with Gasteiger partial charge < -0.3 is 4.74 Å². The summed E-state index contributed by atoms with van der Waals surface area (Å²) in [7, 11) is 1.76. The van der Waals surface area contributed by atoms with E-state index < -0.39 is 0 Å². The molecule has 0 fully saturated rings. The Balaban J connectivity index is 2.32. The second kappa shape index (κ2) is 7.74. The highest BCUT2D eigenvalue weighted by Crippen LogP contribution is 2.31. The molecule has 0 bridgehead atoms. The highest BCUT2D eigenvalue weighted by atomic mass is 32.1. The number of hydrogen-bond acceptors (Lipinski definition) is 4. The summed E-state index contributed by atoms with van der Waals surface area (Å²) in [5.74, 6) is 0.830. The fraction of sp³-hybridized carbons (Fsp3) is 0.294. The molecule has 1 aromatic heterocycles. The monoisotopic (exact) mass is 300 g/mol. The third-order valence-electron chi connectivity index (χ3n) is 3.12. The topological polar surface area (TPSA) is 34.5 Å². The van der Waals surface area contributed by atoms with Crippen LogP contribution in [0.5, 0.6) is 5.75 Å². The van der Waals surface area contributed by atoms with Gasteiger partial charge in [0, 0.05) is 36.0 Å². The lowest BCUT2D eigenvalue weighted by molar-refractivity contribution is 0.193. The van der Waals surface area contributed by atoms with Crippen LogP contribution in [0.2, 0.25) is 0 Å². The van der Waals surface area contributed by atoms with E-state index in [9.17, 15) is 0 Å². The molecule has 1 heterocycles. The van der Waals surface area contributed by atoms with Gasteiger partial charge in [0.1, 0.15) is 16.9 Å². The predicted octanol–water partition coefficient (Wildman–Crippen LogP) is 4.76. The van der Waals surface area contributed by atoms with Crippen LogP contribution in [-0.2, 0) is 0 Å². The molecule has 0 spiro atoms. The van der Waals surface area contributed by atoms with Gasteiger partial charge in [-0.3, -0.25) is 4.99 Å². The molecule has 1 unspecified atom stereocenters. The molecule has 110 valence electrons. The summed E-state index contributed by atoms with van der Waals surface area (Å²) in [5, 5.41) is 3.00. The van der Waals surface area contributed by atoms with Gasteiger partial charge in [0.05, 0.1) is 0 Å². The van der Waals surface area contributed by atoms with Crippen molar-refractivity contribution in [1.82, 2.24) is 4.98 Å². The van der Waals surface area contributed by atoms with Crippen LogP contribution >= 0.6 is 11.3 Å². The normalized spacial score (nSPS) is 12.5. The first-order valence-electron chi connectivity index (χ1n) is 7.03. The van der Waals surface area contributed by atoms with Crippen molar-refractivity contribution in [3.8, 4) is 5.75 Å². The minimum atomic E-state index is -0.0116. The van der Waals surface area contributed by atoms with Crippen molar-refractivity contribution in [2.24, 2.45) is 4.99 Å². The average Bonchev–Trinajstić information content (AvgIpc) is 3.01. The van der Waals surface area contributed by atoms with Crippen molar-refractivity contribution in [3.63, 3.8) is 0 Å². The van der Waals surface area contributed by atoms with Gasteiger partial charge in [0.25, 0.3) is 0 Å². The minimum absolute atomic E-state index is 0.0116. The van der Waals surface area contributed by atoms with Gasteiger partial charge >= 0.3 is 0 Å². The van der Waals surface area contributed by atoms with E-state index in [2.05, 4.69) is 23.5 Å². The van der Waals surface area contributed by atoms with E-state index >= 15 is 0 Å². The molecule has 0 saturated carbocycles. The van der Waals surface area contributed by atoms with Crippen molar-refractivity contribution in [2.45, 2.75) is 25.9 Å². The maximum Gasteiger partial charge on any atom is 0.150 e. The molecule has 1 aromatic carbocycles. The Hall–Kier alpha value is -1.94. The molecule has 0 saturated heterocycles. The summed E-state index contributed by atoms with van der Waals surface area (Å²) in [4.78, 5) is 8.47. The van der Waals surface area contributed by atoms with Crippen LogP contribution in [0.4, 0.5) is 0 Å². The fourth-order valence-electron chi connectivity index (χ4n) is 2.18. The Bertz CT molecular complexity index is 605. The number of aromatic nitrogens is 1. The second-order valence-corrected chi connectivity index (χ2v) is 5.54. The summed E-state index contributed by atoms with van der Waals surface area (Å²) in [6, 6.07) is 5.96. The summed E-state index contributed by atoms with van der Waals surface area (Å²) in [6.45, 7) is 6.05. The maximum absolute atomic E-state index is 6.22. The number of nitrogens with zero attached hydrogens (tertiary/aromatic N) is 2. The molecule has 0 radical (unpaired) electrons. The number of benzene rings is 1. The number of rotatable bonds is 7. The maximum atomic E-state index is 6.22. The Morgan fingerprint density at radius 1 is 1.48 bits per heavy atom. The molecule has 3 nitrogen and oxygen atoms in total. The summed E-state index contributed by atoms with van der Waals surface area (Å²) < 4.78 is 6.22. The number of hydrogen-bond donors (Lipinski definition) is 0. The van der Waals surface area contributed by atoms with Crippen molar-refractivity contribution in [2.75, 3.05) is 7.05 Å². The van der Waals surface area contributed by atoms with Gasteiger partial charge in [-0.05, 0) is 12.5 Å². The number of ether oxygens (including phenoxy) is 1. The van der Waals surface area contributed by atoms with Crippen LogP contribution in [0.1, 0.15) is 42.0 Å². The predicted molar refractivity (Wildman–Crippen MR) is 90.4 cm³/mol. The lowest BCUT2D eigenvalue weighted by Gasteiger charge is -2.19. The van der Waals surface area contributed by atoms with Gasteiger partial charge in [0.2, 0.25) is 0 Å².